The molecule has 0 saturated heterocycles. The van der Waals surface area contributed by atoms with Crippen molar-refractivity contribution in [3.63, 3.8) is 0 Å². The fraction of sp³-hybridized carbons (Fsp3) is 0.381. The van der Waals surface area contributed by atoms with E-state index in [-0.39, 0.29) is 17.6 Å². The molecular weight excluding hydrogens is 298 g/mol. The molecule has 2 aromatic carbocycles. The number of fused-ring (bicyclic) bond motifs is 1. The Labute approximate surface area is 144 Å². The van der Waals surface area contributed by atoms with E-state index in [1.165, 1.54) is 11.1 Å². The molecule has 1 aliphatic heterocycles. The molecule has 1 heterocycles. The van der Waals surface area contributed by atoms with Gasteiger partial charge in [0, 0.05) is 18.4 Å². The average molecular weight is 323 g/mol. The van der Waals surface area contributed by atoms with E-state index in [2.05, 4.69) is 50.4 Å². The van der Waals surface area contributed by atoms with Crippen LogP contribution in [0.5, 0.6) is 5.75 Å². The fourth-order valence-corrected chi connectivity index (χ4v) is 3.21. The van der Waals surface area contributed by atoms with Crippen LogP contribution < -0.4 is 10.1 Å². The Kier molecular flexibility index (Phi) is 4.61. The van der Waals surface area contributed by atoms with Crippen LogP contribution in [0.2, 0.25) is 0 Å². The summed E-state index contributed by atoms with van der Waals surface area (Å²) in [6, 6.07) is 16.3. The summed E-state index contributed by atoms with van der Waals surface area (Å²) in [6.45, 7) is 6.20. The molecular formula is C21H25NO2. The van der Waals surface area contributed by atoms with Crippen LogP contribution >= 0.6 is 0 Å². The van der Waals surface area contributed by atoms with Gasteiger partial charge in [-0.15, -0.1) is 0 Å². The first kappa shape index (κ1) is 16.6. The number of ether oxygens (including phenoxy) is 1. The Morgan fingerprint density at radius 2 is 1.88 bits per heavy atom. The molecule has 2 aromatic rings. The fourth-order valence-electron chi connectivity index (χ4n) is 3.21. The number of hydrogen-bond acceptors (Lipinski definition) is 2. The Morgan fingerprint density at radius 1 is 1.17 bits per heavy atom. The zero-order chi connectivity index (χ0) is 17.2. The van der Waals surface area contributed by atoms with Crippen molar-refractivity contribution in [2.75, 3.05) is 0 Å². The molecule has 3 rings (SSSR count). The standard InChI is InChI=1S/C21H25NO2/c1-15-8-10-16(11-9-15)12-13-20(23)22-18-14-21(2,3)24-19-7-5-4-6-17(18)19/h4-11,18H,12-14H2,1-3H3,(H,22,23)/t18-/m1/s1. The molecule has 3 heteroatoms. The van der Waals surface area contributed by atoms with E-state index in [1.807, 2.05) is 24.3 Å². The quantitative estimate of drug-likeness (QED) is 0.908. The first-order chi connectivity index (χ1) is 11.4. The first-order valence-corrected chi connectivity index (χ1v) is 8.56. The molecule has 0 saturated carbocycles. The Morgan fingerprint density at radius 3 is 2.62 bits per heavy atom. The summed E-state index contributed by atoms with van der Waals surface area (Å²) in [6.07, 6.45) is 2.05. The highest BCUT2D eigenvalue weighted by Gasteiger charge is 2.34. The van der Waals surface area contributed by atoms with E-state index in [9.17, 15) is 4.79 Å². The summed E-state index contributed by atoms with van der Waals surface area (Å²) >= 11 is 0. The van der Waals surface area contributed by atoms with Gasteiger partial charge in [0.15, 0.2) is 0 Å². The van der Waals surface area contributed by atoms with Gasteiger partial charge in [-0.05, 0) is 38.8 Å². The maximum atomic E-state index is 12.4. The van der Waals surface area contributed by atoms with Crippen molar-refractivity contribution in [2.45, 2.75) is 51.7 Å². The number of rotatable bonds is 4. The first-order valence-electron chi connectivity index (χ1n) is 8.56. The van der Waals surface area contributed by atoms with Crippen molar-refractivity contribution >= 4 is 5.91 Å². The van der Waals surface area contributed by atoms with Gasteiger partial charge in [-0.2, -0.15) is 0 Å². The number of carbonyl (C=O) groups is 1. The Balaban J connectivity index is 1.64. The summed E-state index contributed by atoms with van der Waals surface area (Å²) < 4.78 is 6.02. The van der Waals surface area contributed by atoms with Crippen molar-refractivity contribution < 1.29 is 9.53 Å². The largest absolute Gasteiger partial charge is 0.487 e. The van der Waals surface area contributed by atoms with E-state index in [0.717, 1.165) is 24.2 Å². The van der Waals surface area contributed by atoms with Crippen LogP contribution in [0.15, 0.2) is 48.5 Å². The van der Waals surface area contributed by atoms with E-state index in [1.54, 1.807) is 0 Å². The molecule has 1 amide bonds. The summed E-state index contributed by atoms with van der Waals surface area (Å²) in [5, 5.41) is 3.19. The van der Waals surface area contributed by atoms with Gasteiger partial charge >= 0.3 is 0 Å². The lowest BCUT2D eigenvalue weighted by Crippen LogP contribution is -2.41. The minimum atomic E-state index is -0.275. The summed E-state index contributed by atoms with van der Waals surface area (Å²) in [5.74, 6) is 0.964. The Bertz CT molecular complexity index is 719. The van der Waals surface area contributed by atoms with E-state index in [4.69, 9.17) is 4.74 Å². The van der Waals surface area contributed by atoms with Crippen molar-refractivity contribution in [1.82, 2.24) is 5.32 Å². The summed E-state index contributed by atoms with van der Waals surface area (Å²) in [4.78, 5) is 12.4. The van der Waals surface area contributed by atoms with Crippen LogP contribution in [0.4, 0.5) is 0 Å². The lowest BCUT2D eigenvalue weighted by molar-refractivity contribution is -0.122. The second kappa shape index (κ2) is 6.68. The van der Waals surface area contributed by atoms with Crippen molar-refractivity contribution in [1.29, 1.82) is 0 Å². The van der Waals surface area contributed by atoms with Gasteiger partial charge in [0.05, 0.1) is 6.04 Å². The van der Waals surface area contributed by atoms with Crippen LogP contribution in [-0.4, -0.2) is 11.5 Å². The lowest BCUT2D eigenvalue weighted by Gasteiger charge is -2.37. The molecule has 1 atom stereocenters. The zero-order valence-corrected chi connectivity index (χ0v) is 14.6. The van der Waals surface area contributed by atoms with E-state index >= 15 is 0 Å². The highest BCUT2D eigenvalue weighted by atomic mass is 16.5. The van der Waals surface area contributed by atoms with Crippen LogP contribution in [0.25, 0.3) is 0 Å². The smallest absolute Gasteiger partial charge is 0.220 e. The summed E-state index contributed by atoms with van der Waals surface area (Å²) in [5.41, 5.74) is 3.23. The third kappa shape index (κ3) is 3.97. The van der Waals surface area contributed by atoms with Gasteiger partial charge in [0.2, 0.25) is 5.91 Å². The van der Waals surface area contributed by atoms with Crippen LogP contribution in [0.3, 0.4) is 0 Å². The number of nitrogens with one attached hydrogen (secondary N) is 1. The molecule has 3 nitrogen and oxygen atoms in total. The normalized spacial score (nSPS) is 18.4. The zero-order valence-electron chi connectivity index (χ0n) is 14.6. The predicted molar refractivity (Wildman–Crippen MR) is 96.1 cm³/mol. The molecule has 0 bridgehead atoms. The lowest BCUT2D eigenvalue weighted by atomic mass is 9.89. The average Bonchev–Trinajstić information content (AvgIpc) is 2.53. The molecule has 126 valence electrons. The molecule has 0 fully saturated rings. The van der Waals surface area contributed by atoms with E-state index < -0.39 is 0 Å². The van der Waals surface area contributed by atoms with Gasteiger partial charge in [0.25, 0.3) is 0 Å². The van der Waals surface area contributed by atoms with Gasteiger partial charge < -0.3 is 10.1 Å². The molecule has 0 spiro atoms. The number of amides is 1. The Hall–Kier alpha value is -2.29. The second-order valence-corrected chi connectivity index (χ2v) is 7.21. The highest BCUT2D eigenvalue weighted by Crippen LogP contribution is 2.39. The van der Waals surface area contributed by atoms with Crippen LogP contribution in [-0.2, 0) is 11.2 Å². The third-order valence-corrected chi connectivity index (χ3v) is 4.47. The molecule has 0 aliphatic carbocycles. The predicted octanol–water partition coefficient (Wildman–Crippen LogP) is 4.35. The van der Waals surface area contributed by atoms with Crippen molar-refractivity contribution in [3.8, 4) is 5.75 Å². The molecule has 0 radical (unpaired) electrons. The van der Waals surface area contributed by atoms with E-state index in [0.29, 0.717) is 6.42 Å². The van der Waals surface area contributed by atoms with Crippen LogP contribution in [0.1, 0.15) is 49.4 Å². The second-order valence-electron chi connectivity index (χ2n) is 7.21. The van der Waals surface area contributed by atoms with Gasteiger partial charge in [-0.3, -0.25) is 4.79 Å². The molecule has 1 N–H and O–H groups in total. The molecule has 24 heavy (non-hydrogen) atoms. The van der Waals surface area contributed by atoms with Crippen molar-refractivity contribution in [2.24, 2.45) is 0 Å². The summed E-state index contributed by atoms with van der Waals surface area (Å²) in [7, 11) is 0. The van der Waals surface area contributed by atoms with Gasteiger partial charge in [-0.25, -0.2) is 0 Å². The molecule has 1 aliphatic rings. The van der Waals surface area contributed by atoms with Crippen LogP contribution in [0, 0.1) is 6.92 Å². The van der Waals surface area contributed by atoms with Gasteiger partial charge in [-0.1, -0.05) is 48.0 Å². The maximum absolute atomic E-state index is 12.4. The SMILES string of the molecule is Cc1ccc(CCC(=O)N[C@@H]2CC(C)(C)Oc3ccccc32)cc1. The van der Waals surface area contributed by atoms with Gasteiger partial charge in [0.1, 0.15) is 11.4 Å². The number of para-hydroxylation sites is 1. The number of hydrogen-bond donors (Lipinski definition) is 1. The highest BCUT2D eigenvalue weighted by molar-refractivity contribution is 5.77. The molecule has 0 unspecified atom stereocenters. The minimum Gasteiger partial charge on any atom is -0.487 e. The topological polar surface area (TPSA) is 38.3 Å². The number of aryl methyl sites for hydroxylation is 2. The maximum Gasteiger partial charge on any atom is 0.220 e. The minimum absolute atomic E-state index is 0.00969. The monoisotopic (exact) mass is 323 g/mol. The molecule has 0 aromatic heterocycles. The third-order valence-electron chi connectivity index (χ3n) is 4.47. The number of carbonyl (C=O) groups excluding carboxylic acids is 1. The van der Waals surface area contributed by atoms with Crippen molar-refractivity contribution in [3.05, 3.63) is 65.2 Å². The number of benzene rings is 2.